The summed E-state index contributed by atoms with van der Waals surface area (Å²) in [6.45, 7) is 2.36. The standard InChI is InChI=1S/C17H23N3/c1-17(10-3-2-4-11-17)16(20-18)14-9-5-7-13-8-6-12-19-15(13)14/h5-9,12,16,20H,2-4,10-11,18H2,1H3. The molecule has 1 unspecified atom stereocenters. The lowest BCUT2D eigenvalue weighted by Gasteiger charge is -2.41. The third kappa shape index (κ3) is 2.32. The molecule has 0 saturated heterocycles. The van der Waals surface area contributed by atoms with Crippen LogP contribution in [-0.4, -0.2) is 4.98 Å². The van der Waals surface area contributed by atoms with Crippen LogP contribution in [-0.2, 0) is 0 Å². The van der Waals surface area contributed by atoms with Gasteiger partial charge in [-0.1, -0.05) is 50.5 Å². The molecule has 0 radical (unpaired) electrons. The van der Waals surface area contributed by atoms with E-state index in [9.17, 15) is 0 Å². The number of benzene rings is 1. The van der Waals surface area contributed by atoms with Gasteiger partial charge in [0.1, 0.15) is 0 Å². The summed E-state index contributed by atoms with van der Waals surface area (Å²) >= 11 is 0. The van der Waals surface area contributed by atoms with Crippen LogP contribution in [0.25, 0.3) is 10.9 Å². The van der Waals surface area contributed by atoms with Crippen molar-refractivity contribution >= 4 is 10.9 Å². The van der Waals surface area contributed by atoms with Crippen LogP contribution < -0.4 is 11.3 Å². The summed E-state index contributed by atoms with van der Waals surface area (Å²) in [4.78, 5) is 4.58. The lowest BCUT2D eigenvalue weighted by Crippen LogP contribution is -2.41. The minimum atomic E-state index is 0.168. The van der Waals surface area contributed by atoms with E-state index in [2.05, 4.69) is 41.6 Å². The van der Waals surface area contributed by atoms with Crippen LogP contribution in [0.3, 0.4) is 0 Å². The number of nitrogens with one attached hydrogen (secondary N) is 1. The zero-order chi connectivity index (χ0) is 14.0. The molecule has 3 N–H and O–H groups in total. The zero-order valence-electron chi connectivity index (χ0n) is 12.1. The maximum absolute atomic E-state index is 5.93. The summed E-state index contributed by atoms with van der Waals surface area (Å²) in [5.74, 6) is 5.93. The largest absolute Gasteiger partial charge is 0.271 e. The SMILES string of the molecule is CC1(C(NN)c2cccc3cccnc23)CCCCC1. The van der Waals surface area contributed by atoms with Gasteiger partial charge in [-0.2, -0.15) is 0 Å². The molecular weight excluding hydrogens is 246 g/mol. The van der Waals surface area contributed by atoms with Crippen molar-refractivity contribution in [1.82, 2.24) is 10.4 Å². The minimum absolute atomic E-state index is 0.168. The van der Waals surface area contributed by atoms with Gasteiger partial charge >= 0.3 is 0 Å². The number of pyridine rings is 1. The maximum atomic E-state index is 5.93. The Labute approximate surface area is 120 Å². The van der Waals surface area contributed by atoms with Gasteiger partial charge in [0.25, 0.3) is 0 Å². The minimum Gasteiger partial charge on any atom is -0.271 e. The van der Waals surface area contributed by atoms with Gasteiger partial charge in [0.15, 0.2) is 0 Å². The number of hydrogen-bond acceptors (Lipinski definition) is 3. The number of rotatable bonds is 3. The van der Waals surface area contributed by atoms with Crippen molar-refractivity contribution in [3.63, 3.8) is 0 Å². The molecule has 106 valence electrons. The van der Waals surface area contributed by atoms with E-state index in [-0.39, 0.29) is 11.5 Å². The average Bonchev–Trinajstić information content (AvgIpc) is 2.49. The van der Waals surface area contributed by atoms with E-state index in [0.29, 0.717) is 0 Å². The molecule has 0 spiro atoms. The molecule has 0 aliphatic heterocycles. The fourth-order valence-corrected chi connectivity index (χ4v) is 3.68. The van der Waals surface area contributed by atoms with Gasteiger partial charge < -0.3 is 0 Å². The van der Waals surface area contributed by atoms with Crippen molar-refractivity contribution in [2.24, 2.45) is 11.3 Å². The van der Waals surface area contributed by atoms with Gasteiger partial charge in [-0.25, -0.2) is 0 Å². The third-order valence-corrected chi connectivity index (χ3v) is 4.83. The van der Waals surface area contributed by atoms with Gasteiger partial charge in [-0.3, -0.25) is 16.3 Å². The molecule has 3 heteroatoms. The number of para-hydroxylation sites is 1. The van der Waals surface area contributed by atoms with Gasteiger partial charge in [0.2, 0.25) is 0 Å². The van der Waals surface area contributed by atoms with Crippen LogP contribution in [0.1, 0.15) is 50.6 Å². The quantitative estimate of drug-likeness (QED) is 0.659. The van der Waals surface area contributed by atoms with E-state index in [1.807, 2.05) is 12.3 Å². The first kappa shape index (κ1) is 13.5. The van der Waals surface area contributed by atoms with Crippen LogP contribution in [0.4, 0.5) is 0 Å². The Morgan fingerprint density at radius 1 is 1.15 bits per heavy atom. The lowest BCUT2D eigenvalue weighted by atomic mass is 9.68. The molecule has 1 aromatic carbocycles. The lowest BCUT2D eigenvalue weighted by molar-refractivity contribution is 0.146. The van der Waals surface area contributed by atoms with E-state index in [1.54, 1.807) is 0 Å². The number of nitrogens with two attached hydrogens (primary N) is 1. The molecule has 3 rings (SSSR count). The first-order valence-corrected chi connectivity index (χ1v) is 7.54. The number of nitrogens with zero attached hydrogens (tertiary/aromatic N) is 1. The highest BCUT2D eigenvalue weighted by atomic mass is 15.2. The van der Waals surface area contributed by atoms with Gasteiger partial charge in [-0.15, -0.1) is 0 Å². The van der Waals surface area contributed by atoms with E-state index >= 15 is 0 Å². The Hall–Kier alpha value is -1.45. The maximum Gasteiger partial charge on any atom is 0.0750 e. The highest BCUT2D eigenvalue weighted by molar-refractivity contribution is 5.82. The zero-order valence-corrected chi connectivity index (χ0v) is 12.1. The second kappa shape index (κ2) is 5.51. The van der Waals surface area contributed by atoms with Crippen LogP contribution in [0.15, 0.2) is 36.5 Å². The van der Waals surface area contributed by atoms with Gasteiger partial charge in [0, 0.05) is 11.6 Å². The number of hydrazine groups is 1. The molecule has 1 aromatic heterocycles. The van der Waals surface area contributed by atoms with E-state index in [4.69, 9.17) is 5.84 Å². The fourth-order valence-electron chi connectivity index (χ4n) is 3.68. The topological polar surface area (TPSA) is 50.9 Å². The Balaban J connectivity index is 2.07. The Morgan fingerprint density at radius 2 is 1.90 bits per heavy atom. The summed E-state index contributed by atoms with van der Waals surface area (Å²) in [7, 11) is 0. The first-order valence-electron chi connectivity index (χ1n) is 7.54. The van der Waals surface area contributed by atoms with Crippen LogP contribution in [0, 0.1) is 5.41 Å². The van der Waals surface area contributed by atoms with E-state index in [0.717, 1.165) is 5.52 Å². The van der Waals surface area contributed by atoms with Crippen molar-refractivity contribution in [3.8, 4) is 0 Å². The fraction of sp³-hybridized carbons (Fsp3) is 0.471. The summed E-state index contributed by atoms with van der Waals surface area (Å²) in [6.07, 6.45) is 8.26. The smallest absolute Gasteiger partial charge is 0.0750 e. The molecule has 20 heavy (non-hydrogen) atoms. The monoisotopic (exact) mass is 269 g/mol. The third-order valence-electron chi connectivity index (χ3n) is 4.83. The van der Waals surface area contributed by atoms with E-state index in [1.165, 1.54) is 43.1 Å². The molecule has 1 atom stereocenters. The summed E-state index contributed by atoms with van der Waals surface area (Å²) < 4.78 is 0. The predicted octanol–water partition coefficient (Wildman–Crippen LogP) is 3.71. The molecular formula is C17H23N3. The molecule has 1 saturated carbocycles. The number of hydrogen-bond donors (Lipinski definition) is 2. The molecule has 1 aliphatic rings. The second-order valence-electron chi connectivity index (χ2n) is 6.24. The van der Waals surface area contributed by atoms with E-state index < -0.39 is 0 Å². The predicted molar refractivity (Wildman–Crippen MR) is 83.0 cm³/mol. The molecule has 1 aliphatic carbocycles. The molecule has 2 aromatic rings. The molecule has 0 bridgehead atoms. The van der Waals surface area contributed by atoms with Crippen LogP contribution in [0.2, 0.25) is 0 Å². The highest BCUT2D eigenvalue weighted by Crippen LogP contribution is 2.46. The molecule has 0 amide bonds. The van der Waals surface area contributed by atoms with Crippen molar-refractivity contribution in [2.75, 3.05) is 0 Å². The van der Waals surface area contributed by atoms with Crippen molar-refractivity contribution < 1.29 is 0 Å². The molecule has 3 nitrogen and oxygen atoms in total. The first-order chi connectivity index (χ1) is 9.74. The number of aromatic nitrogens is 1. The van der Waals surface area contributed by atoms with Crippen LogP contribution >= 0.6 is 0 Å². The Kier molecular flexibility index (Phi) is 3.72. The average molecular weight is 269 g/mol. The Bertz CT molecular complexity index is 582. The number of fused-ring (bicyclic) bond motifs is 1. The Morgan fingerprint density at radius 3 is 2.65 bits per heavy atom. The van der Waals surface area contributed by atoms with Crippen LogP contribution in [0.5, 0.6) is 0 Å². The normalized spacial score (nSPS) is 19.9. The summed E-state index contributed by atoms with van der Waals surface area (Å²) in [6, 6.07) is 10.7. The second-order valence-corrected chi connectivity index (χ2v) is 6.24. The molecule has 1 fully saturated rings. The van der Waals surface area contributed by atoms with Gasteiger partial charge in [0.05, 0.1) is 11.6 Å². The van der Waals surface area contributed by atoms with Gasteiger partial charge in [-0.05, 0) is 29.9 Å². The highest BCUT2D eigenvalue weighted by Gasteiger charge is 2.36. The van der Waals surface area contributed by atoms with Crippen molar-refractivity contribution in [3.05, 3.63) is 42.1 Å². The molecule has 1 heterocycles. The summed E-state index contributed by atoms with van der Waals surface area (Å²) in [5, 5.41) is 1.18. The summed E-state index contributed by atoms with van der Waals surface area (Å²) in [5.41, 5.74) is 5.61. The van der Waals surface area contributed by atoms with Crippen molar-refractivity contribution in [1.29, 1.82) is 0 Å². The van der Waals surface area contributed by atoms with Crippen molar-refractivity contribution in [2.45, 2.75) is 45.1 Å².